The van der Waals surface area contributed by atoms with Crippen LogP contribution < -0.4 is 0 Å². The van der Waals surface area contributed by atoms with Gasteiger partial charge in [0, 0.05) is 5.56 Å². The van der Waals surface area contributed by atoms with Crippen LogP contribution in [0.4, 0.5) is 8.78 Å². The zero-order valence-corrected chi connectivity index (χ0v) is 8.25. The Labute approximate surface area is 86.1 Å². The average Bonchev–Trinajstić information content (AvgIpc) is 2.09. The van der Waals surface area contributed by atoms with E-state index < -0.39 is 29.3 Å². The van der Waals surface area contributed by atoms with E-state index in [9.17, 15) is 13.6 Å². The lowest BCUT2D eigenvalue weighted by molar-refractivity contribution is -0.147. The quantitative estimate of drug-likeness (QED) is 0.804. The number of carboxylic acids is 1. The second-order valence-electron chi connectivity index (χ2n) is 2.53. The third-order valence-electron chi connectivity index (χ3n) is 1.55. The number of carbonyl (C=O) groups is 1. The Bertz CT molecular complexity index is 381. The van der Waals surface area contributed by atoms with Crippen LogP contribution in [0.15, 0.2) is 16.6 Å². The number of aliphatic hydroxyl groups excluding tert-OH is 1. The highest BCUT2D eigenvalue weighted by molar-refractivity contribution is 9.10. The highest BCUT2D eigenvalue weighted by atomic mass is 79.9. The molecule has 0 fully saturated rings. The summed E-state index contributed by atoms with van der Waals surface area (Å²) in [6.07, 6.45) is -2.07. The third kappa shape index (κ3) is 2.08. The molecule has 14 heavy (non-hydrogen) atoms. The number of aliphatic carboxylic acids is 1. The molecule has 6 heteroatoms. The molecule has 0 aliphatic carbocycles. The second-order valence-corrected chi connectivity index (χ2v) is 3.39. The zero-order valence-electron chi connectivity index (χ0n) is 6.67. The Hall–Kier alpha value is -1.01. The first kappa shape index (κ1) is 11.1. The Morgan fingerprint density at radius 2 is 2.00 bits per heavy atom. The highest BCUT2D eigenvalue weighted by Crippen LogP contribution is 2.25. The number of hydrogen-bond acceptors (Lipinski definition) is 2. The van der Waals surface area contributed by atoms with Crippen molar-refractivity contribution in [1.82, 2.24) is 0 Å². The average molecular weight is 267 g/mol. The number of hydrogen-bond donors (Lipinski definition) is 2. The van der Waals surface area contributed by atoms with Gasteiger partial charge in [0.25, 0.3) is 0 Å². The maximum absolute atomic E-state index is 13.2. The zero-order chi connectivity index (χ0) is 10.9. The van der Waals surface area contributed by atoms with Gasteiger partial charge in [-0.2, -0.15) is 0 Å². The second kappa shape index (κ2) is 4.02. The molecule has 0 radical (unpaired) electrons. The Balaban J connectivity index is 3.26. The smallest absolute Gasteiger partial charge is 0.337 e. The molecule has 0 saturated heterocycles. The summed E-state index contributed by atoms with van der Waals surface area (Å²) < 4.78 is 25.7. The lowest BCUT2D eigenvalue weighted by Crippen LogP contribution is -2.12. The van der Waals surface area contributed by atoms with Crippen molar-refractivity contribution in [2.45, 2.75) is 6.10 Å². The summed E-state index contributed by atoms with van der Waals surface area (Å²) in [6.45, 7) is 0. The molecule has 3 nitrogen and oxygen atoms in total. The van der Waals surface area contributed by atoms with Gasteiger partial charge < -0.3 is 10.2 Å². The number of rotatable bonds is 2. The Morgan fingerprint density at radius 3 is 2.50 bits per heavy atom. The molecule has 0 saturated carbocycles. The number of carboxylic acid groups (broad SMARTS) is 1. The Morgan fingerprint density at radius 1 is 1.43 bits per heavy atom. The van der Waals surface area contributed by atoms with E-state index in [2.05, 4.69) is 15.9 Å². The van der Waals surface area contributed by atoms with E-state index in [4.69, 9.17) is 10.2 Å². The van der Waals surface area contributed by atoms with E-state index >= 15 is 0 Å². The van der Waals surface area contributed by atoms with E-state index in [-0.39, 0.29) is 4.47 Å². The van der Waals surface area contributed by atoms with Crippen molar-refractivity contribution < 1.29 is 23.8 Å². The van der Waals surface area contributed by atoms with Gasteiger partial charge in [-0.15, -0.1) is 0 Å². The van der Waals surface area contributed by atoms with Gasteiger partial charge >= 0.3 is 5.97 Å². The van der Waals surface area contributed by atoms with Crippen molar-refractivity contribution >= 4 is 21.9 Å². The van der Waals surface area contributed by atoms with Crippen molar-refractivity contribution in [3.8, 4) is 0 Å². The van der Waals surface area contributed by atoms with Crippen LogP contribution in [0.3, 0.4) is 0 Å². The van der Waals surface area contributed by atoms with E-state index in [0.29, 0.717) is 6.07 Å². The molecule has 1 atom stereocenters. The highest BCUT2D eigenvalue weighted by Gasteiger charge is 2.22. The fraction of sp³-hybridized carbons (Fsp3) is 0.125. The maximum Gasteiger partial charge on any atom is 0.337 e. The van der Waals surface area contributed by atoms with E-state index in [1.165, 1.54) is 0 Å². The molecule has 1 aromatic carbocycles. The van der Waals surface area contributed by atoms with E-state index in [1.54, 1.807) is 0 Å². The molecule has 1 rings (SSSR count). The molecule has 0 amide bonds. The molecule has 2 N–H and O–H groups in total. The van der Waals surface area contributed by atoms with Crippen molar-refractivity contribution in [3.05, 3.63) is 33.8 Å². The van der Waals surface area contributed by atoms with Gasteiger partial charge in [-0.25, -0.2) is 13.6 Å². The predicted octanol–water partition coefficient (Wildman–Crippen LogP) is 1.85. The van der Waals surface area contributed by atoms with Gasteiger partial charge in [0.1, 0.15) is 11.6 Å². The summed E-state index contributed by atoms with van der Waals surface area (Å²) in [4.78, 5) is 10.3. The first-order valence-electron chi connectivity index (χ1n) is 3.48. The van der Waals surface area contributed by atoms with Gasteiger partial charge in [0.05, 0.1) is 4.47 Å². The molecule has 0 spiro atoms. The number of benzene rings is 1. The first-order valence-corrected chi connectivity index (χ1v) is 4.28. The van der Waals surface area contributed by atoms with E-state index in [0.717, 1.165) is 6.07 Å². The molecule has 1 unspecified atom stereocenters. The van der Waals surface area contributed by atoms with Crippen LogP contribution in [-0.4, -0.2) is 16.2 Å². The lowest BCUT2D eigenvalue weighted by atomic mass is 10.1. The van der Waals surface area contributed by atoms with Crippen LogP contribution in [0.2, 0.25) is 0 Å². The van der Waals surface area contributed by atoms with Gasteiger partial charge in [-0.05, 0) is 28.1 Å². The molecule has 0 heterocycles. The fourth-order valence-electron chi connectivity index (χ4n) is 0.908. The molecule has 0 aliphatic rings. The van der Waals surface area contributed by atoms with Gasteiger partial charge in [-0.1, -0.05) is 0 Å². The molecule has 0 bridgehead atoms. The number of aliphatic hydroxyl groups is 1. The molecule has 1 aromatic rings. The normalized spacial score (nSPS) is 12.6. The molecule has 0 aromatic heterocycles. The monoisotopic (exact) mass is 266 g/mol. The van der Waals surface area contributed by atoms with Crippen LogP contribution in [0.1, 0.15) is 11.7 Å². The summed E-state index contributed by atoms with van der Waals surface area (Å²) in [6, 6.07) is 1.48. The minimum Gasteiger partial charge on any atom is -0.479 e. The summed E-state index contributed by atoms with van der Waals surface area (Å²) in [7, 11) is 0. The van der Waals surface area contributed by atoms with Gasteiger partial charge in [0.2, 0.25) is 0 Å². The van der Waals surface area contributed by atoms with Crippen LogP contribution in [0, 0.1) is 11.6 Å². The topological polar surface area (TPSA) is 57.5 Å². The predicted molar refractivity (Wildman–Crippen MR) is 46.7 cm³/mol. The molecular formula is C8H5BrF2O3. The van der Waals surface area contributed by atoms with Gasteiger partial charge in [0.15, 0.2) is 6.10 Å². The summed E-state index contributed by atoms with van der Waals surface area (Å²) in [5.41, 5.74) is -0.607. The van der Waals surface area contributed by atoms with Gasteiger partial charge in [-0.3, -0.25) is 0 Å². The summed E-state index contributed by atoms with van der Waals surface area (Å²) >= 11 is 2.70. The molecule has 76 valence electrons. The lowest BCUT2D eigenvalue weighted by Gasteiger charge is -2.08. The third-order valence-corrected chi connectivity index (χ3v) is 2.13. The number of halogens is 3. The van der Waals surface area contributed by atoms with Crippen molar-refractivity contribution in [1.29, 1.82) is 0 Å². The summed E-state index contributed by atoms with van der Waals surface area (Å²) in [5, 5.41) is 17.4. The van der Waals surface area contributed by atoms with Crippen LogP contribution >= 0.6 is 15.9 Å². The molecular weight excluding hydrogens is 262 g/mol. The van der Waals surface area contributed by atoms with Crippen molar-refractivity contribution in [2.75, 3.05) is 0 Å². The minimum absolute atomic E-state index is 0.229. The van der Waals surface area contributed by atoms with Crippen LogP contribution in [-0.2, 0) is 4.79 Å². The summed E-state index contributed by atoms with van der Waals surface area (Å²) in [5.74, 6) is -3.45. The van der Waals surface area contributed by atoms with Crippen molar-refractivity contribution in [2.24, 2.45) is 0 Å². The minimum atomic E-state index is -2.07. The van der Waals surface area contributed by atoms with Crippen LogP contribution in [0.5, 0.6) is 0 Å². The first-order chi connectivity index (χ1) is 6.43. The van der Waals surface area contributed by atoms with E-state index in [1.807, 2.05) is 0 Å². The van der Waals surface area contributed by atoms with Crippen LogP contribution in [0.25, 0.3) is 0 Å². The Kier molecular flexibility index (Phi) is 3.17. The SMILES string of the molecule is O=C(O)C(O)c1cc(F)cc(Br)c1F. The largest absolute Gasteiger partial charge is 0.479 e. The van der Waals surface area contributed by atoms with Crippen molar-refractivity contribution in [3.63, 3.8) is 0 Å². The fourth-order valence-corrected chi connectivity index (χ4v) is 1.36. The maximum atomic E-state index is 13.2. The standard InChI is InChI=1S/C8H5BrF2O3/c9-5-2-3(10)1-4(6(5)11)7(12)8(13)14/h1-2,7,12H,(H,13,14). The molecule has 0 aliphatic heterocycles.